The highest BCUT2D eigenvalue weighted by Gasteiger charge is 2.21. The highest BCUT2D eigenvalue weighted by molar-refractivity contribution is 5.91. The average Bonchev–Trinajstić information content (AvgIpc) is 3.22. The zero-order valence-corrected chi connectivity index (χ0v) is 15.6. The van der Waals surface area contributed by atoms with Crippen LogP contribution in [0.2, 0.25) is 0 Å². The van der Waals surface area contributed by atoms with Crippen molar-refractivity contribution in [3.05, 3.63) is 78.1 Å². The lowest BCUT2D eigenvalue weighted by Gasteiger charge is -2.33. The maximum Gasteiger partial charge on any atom is 0.246 e. The molecule has 2 aromatic carbocycles. The van der Waals surface area contributed by atoms with Crippen LogP contribution in [0.5, 0.6) is 0 Å². The van der Waals surface area contributed by atoms with Gasteiger partial charge >= 0.3 is 0 Å². The van der Waals surface area contributed by atoms with Crippen LogP contribution in [0.1, 0.15) is 11.4 Å². The summed E-state index contributed by atoms with van der Waals surface area (Å²) in [6, 6.07) is 19.7. The highest BCUT2D eigenvalue weighted by atomic mass is 16.2. The maximum atomic E-state index is 12.4. The number of hydrogen-bond acceptors (Lipinski definition) is 5. The molecule has 142 valence electrons. The van der Waals surface area contributed by atoms with Crippen LogP contribution >= 0.6 is 0 Å². The molecule has 0 unspecified atom stereocenters. The van der Waals surface area contributed by atoms with Crippen molar-refractivity contribution >= 4 is 12.0 Å². The van der Waals surface area contributed by atoms with Gasteiger partial charge in [-0.3, -0.25) is 9.69 Å². The molecule has 1 aliphatic rings. The van der Waals surface area contributed by atoms with Gasteiger partial charge in [0.15, 0.2) is 5.82 Å². The van der Waals surface area contributed by atoms with Crippen LogP contribution in [0.3, 0.4) is 0 Å². The molecule has 0 saturated carbocycles. The molecule has 3 aromatic rings. The molecule has 2 heterocycles. The fourth-order valence-corrected chi connectivity index (χ4v) is 3.24. The summed E-state index contributed by atoms with van der Waals surface area (Å²) in [5, 5.41) is 12.1. The van der Waals surface area contributed by atoms with Crippen LogP contribution in [0.25, 0.3) is 11.8 Å². The van der Waals surface area contributed by atoms with Gasteiger partial charge in [0.1, 0.15) is 0 Å². The van der Waals surface area contributed by atoms with Crippen molar-refractivity contribution < 1.29 is 4.79 Å². The van der Waals surface area contributed by atoms with Gasteiger partial charge in [-0.1, -0.05) is 48.5 Å². The second kappa shape index (κ2) is 8.58. The predicted molar refractivity (Wildman–Crippen MR) is 106 cm³/mol. The van der Waals surface area contributed by atoms with Crippen molar-refractivity contribution in [2.75, 3.05) is 26.2 Å². The lowest BCUT2D eigenvalue weighted by atomic mass is 10.2. The minimum absolute atomic E-state index is 0.0534. The maximum absolute atomic E-state index is 12.4. The number of amides is 1. The van der Waals surface area contributed by atoms with Gasteiger partial charge in [0.25, 0.3) is 0 Å². The number of aromatic nitrogens is 4. The number of rotatable bonds is 5. The molecule has 7 nitrogen and oxygen atoms in total. The van der Waals surface area contributed by atoms with Gasteiger partial charge in [0.2, 0.25) is 5.91 Å². The van der Waals surface area contributed by atoms with Gasteiger partial charge in [-0.25, -0.2) is 0 Å². The first kappa shape index (κ1) is 18.1. The Labute approximate surface area is 163 Å². The van der Waals surface area contributed by atoms with Gasteiger partial charge in [-0.05, 0) is 34.2 Å². The van der Waals surface area contributed by atoms with Gasteiger partial charge in [0.05, 0.1) is 12.2 Å². The molecule has 1 aliphatic heterocycles. The third-order valence-electron chi connectivity index (χ3n) is 4.80. The SMILES string of the molecule is O=C(C=Cc1ccccc1)N1CCN(Cc2nnnn2-c2ccccc2)CC1. The largest absolute Gasteiger partial charge is 0.337 e. The molecule has 1 saturated heterocycles. The number of benzene rings is 2. The molecular weight excluding hydrogens is 352 g/mol. The van der Waals surface area contributed by atoms with Crippen molar-refractivity contribution in [2.45, 2.75) is 6.54 Å². The molecule has 0 aliphatic carbocycles. The molecule has 0 spiro atoms. The summed E-state index contributed by atoms with van der Waals surface area (Å²) in [6.07, 6.45) is 3.52. The third-order valence-corrected chi connectivity index (χ3v) is 4.80. The Bertz CT molecular complexity index is 930. The van der Waals surface area contributed by atoms with E-state index < -0.39 is 0 Å². The van der Waals surface area contributed by atoms with Crippen molar-refractivity contribution in [3.63, 3.8) is 0 Å². The van der Waals surface area contributed by atoms with E-state index in [4.69, 9.17) is 0 Å². The number of nitrogens with zero attached hydrogens (tertiary/aromatic N) is 6. The smallest absolute Gasteiger partial charge is 0.246 e. The Morgan fingerprint density at radius 2 is 1.61 bits per heavy atom. The molecule has 1 aromatic heterocycles. The van der Waals surface area contributed by atoms with E-state index >= 15 is 0 Å². The summed E-state index contributed by atoms with van der Waals surface area (Å²) in [6.45, 7) is 3.65. The predicted octanol–water partition coefficient (Wildman–Crippen LogP) is 2.02. The summed E-state index contributed by atoms with van der Waals surface area (Å²) in [5.74, 6) is 0.854. The van der Waals surface area contributed by atoms with E-state index in [0.29, 0.717) is 19.6 Å². The van der Waals surface area contributed by atoms with Crippen molar-refractivity contribution in [3.8, 4) is 5.69 Å². The molecule has 0 N–H and O–H groups in total. The van der Waals surface area contributed by atoms with E-state index in [9.17, 15) is 4.79 Å². The number of tetrazole rings is 1. The normalized spacial score (nSPS) is 15.2. The molecular formula is C21H22N6O. The van der Waals surface area contributed by atoms with E-state index in [-0.39, 0.29) is 5.91 Å². The molecule has 7 heteroatoms. The quantitative estimate of drug-likeness (QED) is 0.639. The molecule has 4 rings (SSSR count). The Hall–Kier alpha value is -3.32. The minimum atomic E-state index is 0.0534. The molecule has 28 heavy (non-hydrogen) atoms. The van der Waals surface area contributed by atoms with Crippen molar-refractivity contribution in [2.24, 2.45) is 0 Å². The van der Waals surface area contributed by atoms with E-state index in [1.165, 1.54) is 0 Å². The van der Waals surface area contributed by atoms with E-state index in [2.05, 4.69) is 20.4 Å². The Morgan fingerprint density at radius 1 is 0.929 bits per heavy atom. The van der Waals surface area contributed by atoms with Crippen LogP contribution < -0.4 is 0 Å². The molecule has 0 atom stereocenters. The average molecular weight is 374 g/mol. The number of carbonyl (C=O) groups is 1. The summed E-state index contributed by atoms with van der Waals surface area (Å²) < 4.78 is 1.76. The number of para-hydroxylation sites is 1. The van der Waals surface area contributed by atoms with Gasteiger partial charge in [-0.15, -0.1) is 5.10 Å². The van der Waals surface area contributed by atoms with Crippen LogP contribution in [-0.2, 0) is 11.3 Å². The van der Waals surface area contributed by atoms with E-state index in [1.807, 2.05) is 71.6 Å². The fraction of sp³-hybridized carbons (Fsp3) is 0.238. The number of piperazine rings is 1. The minimum Gasteiger partial charge on any atom is -0.337 e. The van der Waals surface area contributed by atoms with Crippen LogP contribution in [0.15, 0.2) is 66.7 Å². The van der Waals surface area contributed by atoms with Crippen molar-refractivity contribution in [1.29, 1.82) is 0 Å². The van der Waals surface area contributed by atoms with Gasteiger partial charge in [0, 0.05) is 32.3 Å². The molecule has 0 bridgehead atoms. The first-order valence-corrected chi connectivity index (χ1v) is 9.37. The molecule has 0 radical (unpaired) electrons. The van der Waals surface area contributed by atoms with Gasteiger partial charge in [-0.2, -0.15) is 4.68 Å². The Morgan fingerprint density at radius 3 is 2.32 bits per heavy atom. The van der Waals surface area contributed by atoms with Crippen LogP contribution in [-0.4, -0.2) is 62.1 Å². The third kappa shape index (κ3) is 4.32. The van der Waals surface area contributed by atoms with Crippen LogP contribution in [0, 0.1) is 0 Å². The highest BCUT2D eigenvalue weighted by Crippen LogP contribution is 2.11. The zero-order chi connectivity index (χ0) is 19.2. The summed E-state index contributed by atoms with van der Waals surface area (Å²) >= 11 is 0. The second-order valence-corrected chi connectivity index (χ2v) is 6.69. The zero-order valence-electron chi connectivity index (χ0n) is 15.6. The monoisotopic (exact) mass is 374 g/mol. The van der Waals surface area contributed by atoms with Crippen molar-refractivity contribution in [1.82, 2.24) is 30.0 Å². The Balaban J connectivity index is 1.32. The van der Waals surface area contributed by atoms with Crippen LogP contribution in [0.4, 0.5) is 0 Å². The Kier molecular flexibility index (Phi) is 5.53. The topological polar surface area (TPSA) is 67.2 Å². The fourth-order valence-electron chi connectivity index (χ4n) is 3.24. The molecule has 1 amide bonds. The number of carbonyl (C=O) groups excluding carboxylic acids is 1. The summed E-state index contributed by atoms with van der Waals surface area (Å²) in [4.78, 5) is 16.6. The first-order valence-electron chi connectivity index (χ1n) is 9.37. The first-order chi connectivity index (χ1) is 13.8. The standard InChI is InChI=1S/C21H22N6O/c28-21(12-11-18-7-3-1-4-8-18)26-15-13-25(14-16-26)17-20-22-23-24-27(20)19-9-5-2-6-10-19/h1-12H,13-17H2. The van der Waals surface area contributed by atoms with Gasteiger partial charge < -0.3 is 4.90 Å². The second-order valence-electron chi connectivity index (χ2n) is 6.69. The summed E-state index contributed by atoms with van der Waals surface area (Å²) in [7, 11) is 0. The van der Waals surface area contributed by atoms with E-state index in [1.54, 1.807) is 10.8 Å². The summed E-state index contributed by atoms with van der Waals surface area (Å²) in [5.41, 5.74) is 1.98. The number of hydrogen-bond donors (Lipinski definition) is 0. The lowest BCUT2D eigenvalue weighted by Crippen LogP contribution is -2.48. The molecule has 1 fully saturated rings. The van der Waals surface area contributed by atoms with E-state index in [0.717, 1.165) is 30.2 Å². The lowest BCUT2D eigenvalue weighted by molar-refractivity contribution is -0.127.